The van der Waals surface area contributed by atoms with Gasteiger partial charge in [-0.05, 0) is 18.6 Å². The molecule has 0 bridgehead atoms. The molecule has 0 amide bonds. The number of nitrogens with two attached hydrogens (primary N) is 1. The van der Waals surface area contributed by atoms with Gasteiger partial charge in [-0.2, -0.15) is 0 Å². The fourth-order valence-electron chi connectivity index (χ4n) is 2.19. The van der Waals surface area contributed by atoms with Crippen molar-refractivity contribution in [2.45, 2.75) is 19.0 Å². The lowest BCUT2D eigenvalue weighted by Gasteiger charge is -2.11. The number of para-hydroxylation sites is 2. The lowest BCUT2D eigenvalue weighted by Crippen LogP contribution is -2.26. The minimum atomic E-state index is 0.310. The Balaban J connectivity index is 1.79. The predicted molar refractivity (Wildman–Crippen MR) is 61.9 cm³/mol. The summed E-state index contributed by atoms with van der Waals surface area (Å²) in [6.45, 7) is 2.75. The van der Waals surface area contributed by atoms with Crippen LogP contribution in [-0.2, 0) is 6.54 Å². The normalized spacial score (nSPS) is 21.9. The van der Waals surface area contributed by atoms with Crippen molar-refractivity contribution in [3.8, 4) is 0 Å². The summed E-state index contributed by atoms with van der Waals surface area (Å²) in [7, 11) is 0. The van der Waals surface area contributed by atoms with E-state index in [2.05, 4.69) is 9.88 Å². The van der Waals surface area contributed by atoms with Crippen molar-refractivity contribution in [3.63, 3.8) is 0 Å². The number of hydrogen-bond donors (Lipinski definition) is 1. The smallest absolute Gasteiger partial charge is 0.209 e. The summed E-state index contributed by atoms with van der Waals surface area (Å²) in [4.78, 5) is 6.74. The van der Waals surface area contributed by atoms with Gasteiger partial charge in [-0.25, -0.2) is 4.98 Å². The zero-order valence-electron chi connectivity index (χ0n) is 9.10. The third kappa shape index (κ3) is 1.81. The number of benzene rings is 1. The van der Waals surface area contributed by atoms with Gasteiger partial charge in [0, 0.05) is 19.1 Å². The van der Waals surface area contributed by atoms with Crippen LogP contribution in [0.2, 0.25) is 0 Å². The maximum absolute atomic E-state index is 5.86. The largest absolute Gasteiger partial charge is 0.439 e. The van der Waals surface area contributed by atoms with Crippen molar-refractivity contribution in [2.24, 2.45) is 5.73 Å². The third-order valence-corrected chi connectivity index (χ3v) is 3.01. The second kappa shape index (κ2) is 3.88. The Morgan fingerprint density at radius 2 is 2.31 bits per heavy atom. The van der Waals surface area contributed by atoms with Crippen molar-refractivity contribution in [2.75, 3.05) is 13.1 Å². The highest BCUT2D eigenvalue weighted by Crippen LogP contribution is 2.17. The first-order valence-electron chi connectivity index (χ1n) is 5.63. The van der Waals surface area contributed by atoms with E-state index in [-0.39, 0.29) is 0 Å². The Labute approximate surface area is 94.0 Å². The van der Waals surface area contributed by atoms with E-state index < -0.39 is 0 Å². The minimum absolute atomic E-state index is 0.310. The molecule has 0 radical (unpaired) electrons. The first-order chi connectivity index (χ1) is 7.81. The number of fused-ring (bicyclic) bond motifs is 1. The molecule has 2 N–H and O–H groups in total. The number of likely N-dealkylation sites (tertiary alicyclic amines) is 1. The Kier molecular flexibility index (Phi) is 2.38. The van der Waals surface area contributed by atoms with Crippen LogP contribution in [0.4, 0.5) is 0 Å². The average Bonchev–Trinajstić information content (AvgIpc) is 2.84. The van der Waals surface area contributed by atoms with Crippen LogP contribution in [0, 0.1) is 0 Å². The second-order valence-corrected chi connectivity index (χ2v) is 4.36. The van der Waals surface area contributed by atoms with Gasteiger partial charge in [0.15, 0.2) is 5.58 Å². The number of oxazole rings is 1. The van der Waals surface area contributed by atoms with E-state index in [9.17, 15) is 0 Å². The molecule has 1 fully saturated rings. The molecule has 0 unspecified atom stereocenters. The summed E-state index contributed by atoms with van der Waals surface area (Å²) in [5.41, 5.74) is 7.65. The van der Waals surface area contributed by atoms with Crippen LogP contribution in [0.25, 0.3) is 11.1 Å². The third-order valence-electron chi connectivity index (χ3n) is 3.01. The van der Waals surface area contributed by atoms with Crippen LogP contribution < -0.4 is 5.73 Å². The van der Waals surface area contributed by atoms with E-state index in [1.807, 2.05) is 24.3 Å². The van der Waals surface area contributed by atoms with E-state index in [1.54, 1.807) is 0 Å². The lowest BCUT2D eigenvalue weighted by atomic mass is 10.3. The van der Waals surface area contributed by atoms with Crippen LogP contribution >= 0.6 is 0 Å². The van der Waals surface area contributed by atoms with E-state index in [4.69, 9.17) is 10.2 Å². The molecule has 2 aromatic rings. The Morgan fingerprint density at radius 3 is 3.06 bits per heavy atom. The summed E-state index contributed by atoms with van der Waals surface area (Å²) >= 11 is 0. The first kappa shape index (κ1) is 9.81. The number of hydrogen-bond acceptors (Lipinski definition) is 4. The molecule has 4 heteroatoms. The standard InChI is InChI=1S/C12H15N3O/c13-9-5-6-15(7-9)8-12-14-10-3-1-2-4-11(10)16-12/h1-4,9H,5-8,13H2/t9-/m1/s1. The Morgan fingerprint density at radius 1 is 1.44 bits per heavy atom. The fourth-order valence-corrected chi connectivity index (χ4v) is 2.19. The van der Waals surface area contributed by atoms with Gasteiger partial charge in [0.2, 0.25) is 5.89 Å². The number of nitrogens with zero attached hydrogens (tertiary/aromatic N) is 2. The molecule has 2 heterocycles. The van der Waals surface area contributed by atoms with E-state index in [0.717, 1.165) is 43.0 Å². The van der Waals surface area contributed by atoms with Gasteiger partial charge in [0.25, 0.3) is 0 Å². The number of rotatable bonds is 2. The molecule has 16 heavy (non-hydrogen) atoms. The van der Waals surface area contributed by atoms with Crippen molar-refractivity contribution in [1.29, 1.82) is 0 Å². The molecule has 84 valence electrons. The maximum atomic E-state index is 5.86. The van der Waals surface area contributed by atoms with E-state index >= 15 is 0 Å². The molecule has 1 atom stereocenters. The molecule has 0 aliphatic carbocycles. The molecule has 1 aromatic carbocycles. The zero-order valence-corrected chi connectivity index (χ0v) is 9.10. The molecule has 0 spiro atoms. The fraction of sp³-hybridized carbons (Fsp3) is 0.417. The summed E-state index contributed by atoms with van der Waals surface area (Å²) in [6, 6.07) is 8.16. The summed E-state index contributed by atoms with van der Waals surface area (Å²) < 4.78 is 5.67. The monoisotopic (exact) mass is 217 g/mol. The summed E-state index contributed by atoms with van der Waals surface area (Å²) in [6.07, 6.45) is 1.07. The van der Waals surface area contributed by atoms with Crippen LogP contribution in [0.5, 0.6) is 0 Å². The quantitative estimate of drug-likeness (QED) is 0.825. The molecular weight excluding hydrogens is 202 g/mol. The summed E-state index contributed by atoms with van der Waals surface area (Å²) in [5, 5.41) is 0. The summed E-state index contributed by atoms with van der Waals surface area (Å²) in [5.74, 6) is 0.787. The van der Waals surface area contributed by atoms with Crippen molar-refractivity contribution in [3.05, 3.63) is 30.2 Å². The average molecular weight is 217 g/mol. The molecular formula is C12H15N3O. The van der Waals surface area contributed by atoms with E-state index in [1.165, 1.54) is 0 Å². The predicted octanol–water partition coefficient (Wildman–Crippen LogP) is 1.36. The van der Waals surface area contributed by atoms with Gasteiger partial charge >= 0.3 is 0 Å². The highest BCUT2D eigenvalue weighted by Gasteiger charge is 2.20. The lowest BCUT2D eigenvalue weighted by molar-refractivity contribution is 0.292. The number of aromatic nitrogens is 1. The highest BCUT2D eigenvalue weighted by atomic mass is 16.3. The van der Waals surface area contributed by atoms with Crippen LogP contribution in [0.15, 0.2) is 28.7 Å². The molecule has 1 aromatic heterocycles. The van der Waals surface area contributed by atoms with Crippen molar-refractivity contribution in [1.82, 2.24) is 9.88 Å². The van der Waals surface area contributed by atoms with E-state index in [0.29, 0.717) is 6.04 Å². The molecule has 1 saturated heterocycles. The van der Waals surface area contributed by atoms with Gasteiger partial charge in [-0.1, -0.05) is 12.1 Å². The molecule has 0 saturated carbocycles. The maximum Gasteiger partial charge on any atom is 0.209 e. The first-order valence-corrected chi connectivity index (χ1v) is 5.63. The zero-order chi connectivity index (χ0) is 11.0. The van der Waals surface area contributed by atoms with Gasteiger partial charge < -0.3 is 10.2 Å². The van der Waals surface area contributed by atoms with Crippen molar-refractivity contribution >= 4 is 11.1 Å². The van der Waals surface area contributed by atoms with Gasteiger partial charge in [-0.3, -0.25) is 4.90 Å². The SMILES string of the molecule is N[C@@H]1CCN(Cc2nc3ccccc3o2)C1. The van der Waals surface area contributed by atoms with Gasteiger partial charge in [0.1, 0.15) is 5.52 Å². The molecule has 4 nitrogen and oxygen atoms in total. The van der Waals surface area contributed by atoms with Crippen LogP contribution in [-0.4, -0.2) is 29.0 Å². The molecule has 1 aliphatic rings. The highest BCUT2D eigenvalue weighted by molar-refractivity contribution is 5.72. The van der Waals surface area contributed by atoms with Crippen LogP contribution in [0.1, 0.15) is 12.3 Å². The topological polar surface area (TPSA) is 55.3 Å². The van der Waals surface area contributed by atoms with Gasteiger partial charge in [-0.15, -0.1) is 0 Å². The minimum Gasteiger partial charge on any atom is -0.439 e. The van der Waals surface area contributed by atoms with Gasteiger partial charge in [0.05, 0.1) is 6.54 Å². The van der Waals surface area contributed by atoms with Crippen LogP contribution in [0.3, 0.4) is 0 Å². The Hall–Kier alpha value is -1.39. The van der Waals surface area contributed by atoms with Crippen molar-refractivity contribution < 1.29 is 4.42 Å². The Bertz CT molecular complexity index is 461. The molecule has 1 aliphatic heterocycles. The second-order valence-electron chi connectivity index (χ2n) is 4.36. The molecule has 3 rings (SSSR count).